The first-order valence-corrected chi connectivity index (χ1v) is 5.91. The summed E-state index contributed by atoms with van der Waals surface area (Å²) in [6, 6.07) is 0. The number of hydrogen-bond donors (Lipinski definition) is 0. The molecule has 4 nitrogen and oxygen atoms in total. The first kappa shape index (κ1) is 15.9. The van der Waals surface area contributed by atoms with Gasteiger partial charge in [-0.25, -0.2) is 9.37 Å². The molecule has 106 valence electrons. The Morgan fingerprint density at radius 2 is 2.11 bits per heavy atom. The maximum absolute atomic E-state index is 12.8. The monoisotopic (exact) mass is 393 g/mol. The topological polar surface area (TPSA) is 48.4 Å². The number of pyridine rings is 1. The van der Waals surface area contributed by atoms with Gasteiger partial charge in [0.05, 0.1) is 19.1 Å². The first-order valence-electron chi connectivity index (χ1n) is 4.83. The smallest absolute Gasteiger partial charge is 0.469 e. The average Bonchev–Trinajstić information content (AvgIpc) is 2.31. The molecule has 19 heavy (non-hydrogen) atoms. The second-order valence-corrected chi connectivity index (χ2v) is 4.39. The first-order chi connectivity index (χ1) is 8.78. The highest BCUT2D eigenvalue weighted by atomic mass is 127. The molecule has 0 fully saturated rings. The fourth-order valence-electron chi connectivity index (χ4n) is 1.22. The Labute approximate surface area is 119 Å². The van der Waals surface area contributed by atoms with Crippen LogP contribution in [0.3, 0.4) is 0 Å². The van der Waals surface area contributed by atoms with E-state index < -0.39 is 24.9 Å². The summed E-state index contributed by atoms with van der Waals surface area (Å²) in [5.41, 5.74) is -0.0750. The molecule has 0 radical (unpaired) electrons. The summed E-state index contributed by atoms with van der Waals surface area (Å²) in [6.07, 6.45) is -4.14. The van der Waals surface area contributed by atoms with E-state index in [1.807, 2.05) is 0 Å². The summed E-state index contributed by atoms with van der Waals surface area (Å²) in [5, 5.41) is 0. The third-order valence-electron chi connectivity index (χ3n) is 2.05. The summed E-state index contributed by atoms with van der Waals surface area (Å²) >= 11 is 1.63. The van der Waals surface area contributed by atoms with Crippen molar-refractivity contribution in [2.75, 3.05) is 7.11 Å². The average molecular weight is 393 g/mol. The van der Waals surface area contributed by atoms with Crippen LogP contribution in [0.1, 0.15) is 11.1 Å². The molecule has 1 aromatic heterocycles. The van der Waals surface area contributed by atoms with Gasteiger partial charge in [0.15, 0.2) is 0 Å². The quantitative estimate of drug-likeness (QED) is 0.449. The number of carbonyl (C=O) groups excluding carboxylic acids is 1. The lowest BCUT2D eigenvalue weighted by molar-refractivity contribution is -0.276. The minimum atomic E-state index is -4.95. The number of alkyl halides is 4. The van der Waals surface area contributed by atoms with Crippen LogP contribution >= 0.6 is 22.6 Å². The van der Waals surface area contributed by atoms with Crippen LogP contribution in [0.5, 0.6) is 5.88 Å². The van der Waals surface area contributed by atoms with Crippen LogP contribution in [0.15, 0.2) is 6.20 Å². The maximum Gasteiger partial charge on any atom is 0.574 e. The number of aromatic nitrogens is 1. The van der Waals surface area contributed by atoms with Gasteiger partial charge in [0, 0.05) is 9.77 Å². The van der Waals surface area contributed by atoms with Crippen LogP contribution in [0.4, 0.5) is 17.6 Å². The van der Waals surface area contributed by atoms with Gasteiger partial charge in [0.25, 0.3) is 0 Å². The van der Waals surface area contributed by atoms with Gasteiger partial charge in [-0.05, 0) is 28.2 Å². The standard InChI is InChI=1S/C10H8F4INO3/c1-18-7(17)2-5-4-16-9(19-10(12,13)14)6(3-11)8(5)15/h4H,2-3H2,1H3. The Balaban J connectivity index is 3.12. The Morgan fingerprint density at radius 1 is 1.47 bits per heavy atom. The Bertz CT molecular complexity index is 479. The van der Waals surface area contributed by atoms with Crippen molar-refractivity contribution in [3.8, 4) is 5.88 Å². The van der Waals surface area contributed by atoms with Crippen LogP contribution in [0, 0.1) is 3.57 Å². The van der Waals surface area contributed by atoms with Crippen LogP contribution in [-0.4, -0.2) is 24.4 Å². The number of esters is 1. The van der Waals surface area contributed by atoms with Gasteiger partial charge in [-0.3, -0.25) is 4.79 Å². The SMILES string of the molecule is COC(=O)Cc1cnc(OC(F)(F)F)c(CF)c1I. The molecule has 9 heteroatoms. The maximum atomic E-state index is 12.8. The lowest BCUT2D eigenvalue weighted by atomic mass is 10.1. The zero-order chi connectivity index (χ0) is 14.6. The molecule has 0 amide bonds. The van der Waals surface area contributed by atoms with Crippen molar-refractivity contribution in [3.05, 3.63) is 20.9 Å². The van der Waals surface area contributed by atoms with E-state index in [0.717, 1.165) is 6.20 Å². The summed E-state index contributed by atoms with van der Waals surface area (Å²) < 4.78 is 57.3. The number of ether oxygens (including phenoxy) is 2. The number of methoxy groups -OCH3 is 1. The third-order valence-corrected chi connectivity index (χ3v) is 3.40. The molecule has 1 rings (SSSR count). The molecule has 0 N–H and O–H groups in total. The van der Waals surface area contributed by atoms with Crippen LogP contribution < -0.4 is 4.74 Å². The third kappa shape index (κ3) is 4.48. The molecular weight excluding hydrogens is 385 g/mol. The molecule has 0 saturated carbocycles. The second kappa shape index (κ2) is 6.35. The minimum Gasteiger partial charge on any atom is -0.469 e. The van der Waals surface area contributed by atoms with E-state index in [2.05, 4.69) is 14.5 Å². The van der Waals surface area contributed by atoms with Crippen molar-refractivity contribution >= 4 is 28.6 Å². The van der Waals surface area contributed by atoms with Crippen molar-refractivity contribution < 1.29 is 31.8 Å². The normalized spacial score (nSPS) is 11.3. The molecule has 0 bridgehead atoms. The minimum absolute atomic E-state index is 0.153. The van der Waals surface area contributed by atoms with Gasteiger partial charge in [0.1, 0.15) is 6.67 Å². The van der Waals surface area contributed by atoms with Crippen molar-refractivity contribution in [1.82, 2.24) is 4.98 Å². The highest BCUT2D eigenvalue weighted by Gasteiger charge is 2.33. The van der Waals surface area contributed by atoms with Crippen molar-refractivity contribution in [2.24, 2.45) is 0 Å². The van der Waals surface area contributed by atoms with E-state index in [0.29, 0.717) is 0 Å². The Kier molecular flexibility index (Phi) is 5.32. The number of halogens is 5. The van der Waals surface area contributed by atoms with Crippen molar-refractivity contribution in [2.45, 2.75) is 19.5 Å². The van der Waals surface area contributed by atoms with Gasteiger partial charge < -0.3 is 9.47 Å². The van der Waals surface area contributed by atoms with E-state index in [9.17, 15) is 22.4 Å². The van der Waals surface area contributed by atoms with E-state index in [1.165, 1.54) is 7.11 Å². The molecule has 0 atom stereocenters. The summed E-state index contributed by atoms with van der Waals surface area (Å²) in [4.78, 5) is 14.5. The number of hydrogen-bond acceptors (Lipinski definition) is 4. The van der Waals surface area contributed by atoms with Gasteiger partial charge >= 0.3 is 12.3 Å². The highest BCUT2D eigenvalue weighted by molar-refractivity contribution is 14.1. The zero-order valence-electron chi connectivity index (χ0n) is 9.55. The highest BCUT2D eigenvalue weighted by Crippen LogP contribution is 2.30. The van der Waals surface area contributed by atoms with E-state index in [4.69, 9.17) is 0 Å². The molecule has 0 aliphatic carbocycles. The van der Waals surface area contributed by atoms with E-state index >= 15 is 0 Å². The van der Waals surface area contributed by atoms with Gasteiger partial charge in [0.2, 0.25) is 5.88 Å². The molecule has 0 saturated heterocycles. The molecule has 1 aromatic rings. The number of nitrogens with zero attached hydrogens (tertiary/aromatic N) is 1. The Hall–Kier alpha value is -1.13. The fraction of sp³-hybridized carbons (Fsp3) is 0.400. The Morgan fingerprint density at radius 3 is 2.58 bits per heavy atom. The van der Waals surface area contributed by atoms with Crippen molar-refractivity contribution in [3.63, 3.8) is 0 Å². The lowest BCUT2D eigenvalue weighted by Crippen LogP contribution is -2.20. The molecule has 0 spiro atoms. The van der Waals surface area contributed by atoms with E-state index in [1.54, 1.807) is 22.6 Å². The van der Waals surface area contributed by atoms with E-state index in [-0.39, 0.29) is 21.1 Å². The van der Waals surface area contributed by atoms with Gasteiger partial charge in [-0.15, -0.1) is 13.2 Å². The molecule has 0 aliphatic rings. The number of carbonyl (C=O) groups is 1. The number of rotatable bonds is 4. The lowest BCUT2D eigenvalue weighted by Gasteiger charge is -2.13. The predicted molar refractivity (Wildman–Crippen MR) is 64.2 cm³/mol. The summed E-state index contributed by atoms with van der Waals surface area (Å²) in [7, 11) is 1.17. The van der Waals surface area contributed by atoms with Crippen LogP contribution in [0.25, 0.3) is 0 Å². The van der Waals surface area contributed by atoms with Gasteiger partial charge in [-0.1, -0.05) is 0 Å². The molecule has 1 heterocycles. The molecule has 0 aliphatic heterocycles. The predicted octanol–water partition coefficient (Wildman–Crippen LogP) is 2.77. The van der Waals surface area contributed by atoms with Gasteiger partial charge in [-0.2, -0.15) is 0 Å². The molecule has 0 unspecified atom stereocenters. The summed E-state index contributed by atoms with van der Waals surface area (Å²) in [5.74, 6) is -1.46. The van der Waals surface area contributed by atoms with Crippen LogP contribution in [0.2, 0.25) is 0 Å². The largest absolute Gasteiger partial charge is 0.574 e. The van der Waals surface area contributed by atoms with Crippen LogP contribution in [-0.2, 0) is 22.6 Å². The zero-order valence-corrected chi connectivity index (χ0v) is 11.7. The fourth-order valence-corrected chi connectivity index (χ4v) is 1.93. The molecular formula is C10H8F4INO3. The second-order valence-electron chi connectivity index (χ2n) is 3.32. The van der Waals surface area contributed by atoms with Crippen molar-refractivity contribution in [1.29, 1.82) is 0 Å². The summed E-state index contributed by atoms with van der Waals surface area (Å²) in [6.45, 7) is -1.19. The molecule has 0 aromatic carbocycles.